The zero-order valence-corrected chi connectivity index (χ0v) is 18.3. The zero-order chi connectivity index (χ0) is 21.4. The minimum Gasteiger partial charge on any atom is -0.385 e. The van der Waals surface area contributed by atoms with Gasteiger partial charge in [-0.25, -0.2) is 8.42 Å². The van der Waals surface area contributed by atoms with Gasteiger partial charge in [0, 0.05) is 31.2 Å². The summed E-state index contributed by atoms with van der Waals surface area (Å²) in [4.78, 5) is 25.0. The van der Waals surface area contributed by atoms with Crippen LogP contribution in [0.3, 0.4) is 0 Å². The van der Waals surface area contributed by atoms with Gasteiger partial charge in [-0.3, -0.25) is 9.59 Å². The lowest BCUT2D eigenvalue weighted by atomic mass is 9.97. The highest BCUT2D eigenvalue weighted by Gasteiger charge is 2.37. The van der Waals surface area contributed by atoms with E-state index in [4.69, 9.17) is 0 Å². The quantitative estimate of drug-likeness (QED) is 0.552. The standard InChI is InChI=1S/C22H33N3O4S/c26-21(13-14-23-18-10-2-1-3-11-18)24-16-19(17-8-4-5-9-17)25-22(27)20-12-6-7-15-30(20,28)29/h1-3,10-11,17,19-20,23H,4-9,12-16H2,(H,24,26)(H,25,27). The number of carbonyl (C=O) groups is 2. The van der Waals surface area contributed by atoms with Crippen LogP contribution in [0, 0.1) is 5.92 Å². The molecule has 3 rings (SSSR count). The summed E-state index contributed by atoms with van der Waals surface area (Å²) >= 11 is 0. The molecule has 2 aliphatic rings. The predicted octanol–water partition coefficient (Wildman–Crippen LogP) is 2.25. The van der Waals surface area contributed by atoms with Crippen molar-refractivity contribution in [2.45, 2.75) is 62.7 Å². The van der Waals surface area contributed by atoms with E-state index in [1.807, 2.05) is 30.3 Å². The van der Waals surface area contributed by atoms with Crippen molar-refractivity contribution >= 4 is 27.3 Å². The van der Waals surface area contributed by atoms with Gasteiger partial charge in [0.25, 0.3) is 0 Å². The van der Waals surface area contributed by atoms with Crippen LogP contribution >= 0.6 is 0 Å². The van der Waals surface area contributed by atoms with Gasteiger partial charge in [-0.15, -0.1) is 0 Å². The van der Waals surface area contributed by atoms with Gasteiger partial charge in [-0.05, 0) is 43.7 Å². The Kier molecular flexibility index (Phi) is 8.13. The molecular formula is C22H33N3O4S. The van der Waals surface area contributed by atoms with Gasteiger partial charge in [0.05, 0.1) is 5.75 Å². The van der Waals surface area contributed by atoms with E-state index in [1.54, 1.807) is 0 Å². The van der Waals surface area contributed by atoms with Crippen molar-refractivity contribution in [3.63, 3.8) is 0 Å². The lowest BCUT2D eigenvalue weighted by molar-refractivity contribution is -0.123. The number of nitrogens with one attached hydrogen (secondary N) is 3. The fourth-order valence-corrected chi connectivity index (χ4v) is 6.22. The third kappa shape index (κ3) is 6.45. The number of hydrogen-bond acceptors (Lipinski definition) is 5. The van der Waals surface area contributed by atoms with Crippen LogP contribution < -0.4 is 16.0 Å². The number of para-hydroxylation sites is 1. The summed E-state index contributed by atoms with van der Waals surface area (Å²) < 4.78 is 24.6. The second kappa shape index (κ2) is 10.8. The Morgan fingerprint density at radius 3 is 2.40 bits per heavy atom. The maximum Gasteiger partial charge on any atom is 0.238 e. The fraction of sp³-hybridized carbons (Fsp3) is 0.636. The molecule has 2 fully saturated rings. The maximum atomic E-state index is 12.7. The van der Waals surface area contributed by atoms with Crippen LogP contribution in [-0.4, -0.2) is 50.4 Å². The van der Waals surface area contributed by atoms with Crippen LogP contribution in [0.15, 0.2) is 30.3 Å². The van der Waals surface area contributed by atoms with Crippen molar-refractivity contribution in [3.8, 4) is 0 Å². The second-order valence-corrected chi connectivity index (χ2v) is 10.7. The summed E-state index contributed by atoms with van der Waals surface area (Å²) in [6.45, 7) is 0.865. The molecule has 1 aromatic rings. The fourth-order valence-electron chi connectivity index (χ4n) is 4.41. The minimum absolute atomic E-state index is 0.0824. The molecule has 1 heterocycles. The van der Waals surface area contributed by atoms with Crippen LogP contribution in [0.5, 0.6) is 0 Å². The molecular weight excluding hydrogens is 402 g/mol. The largest absolute Gasteiger partial charge is 0.385 e. The topological polar surface area (TPSA) is 104 Å². The first-order chi connectivity index (χ1) is 14.5. The zero-order valence-electron chi connectivity index (χ0n) is 17.4. The summed E-state index contributed by atoms with van der Waals surface area (Å²) in [6, 6.07) is 9.48. The predicted molar refractivity (Wildman–Crippen MR) is 118 cm³/mol. The van der Waals surface area contributed by atoms with Gasteiger partial charge in [-0.2, -0.15) is 0 Å². The first kappa shape index (κ1) is 22.6. The van der Waals surface area contributed by atoms with Gasteiger partial charge < -0.3 is 16.0 Å². The minimum atomic E-state index is -3.37. The van der Waals surface area contributed by atoms with Crippen LogP contribution in [0.1, 0.15) is 51.4 Å². The van der Waals surface area contributed by atoms with Gasteiger partial charge >= 0.3 is 0 Å². The normalized spacial score (nSPS) is 22.2. The first-order valence-electron chi connectivity index (χ1n) is 11.0. The summed E-state index contributed by atoms with van der Waals surface area (Å²) in [5, 5.41) is 8.17. The molecule has 1 saturated heterocycles. The maximum absolute atomic E-state index is 12.7. The molecule has 1 aliphatic heterocycles. The Morgan fingerprint density at radius 1 is 1.00 bits per heavy atom. The molecule has 1 aliphatic carbocycles. The Balaban J connectivity index is 1.49. The number of hydrogen-bond donors (Lipinski definition) is 3. The van der Waals surface area contributed by atoms with E-state index < -0.39 is 21.0 Å². The number of amides is 2. The van der Waals surface area contributed by atoms with Crippen LogP contribution in [0.25, 0.3) is 0 Å². The molecule has 1 saturated carbocycles. The number of rotatable bonds is 9. The van der Waals surface area contributed by atoms with Crippen molar-refractivity contribution in [3.05, 3.63) is 30.3 Å². The Hall–Kier alpha value is -2.09. The van der Waals surface area contributed by atoms with Crippen molar-refractivity contribution in [1.82, 2.24) is 10.6 Å². The van der Waals surface area contributed by atoms with Crippen molar-refractivity contribution < 1.29 is 18.0 Å². The summed E-state index contributed by atoms with van der Waals surface area (Å²) in [5.41, 5.74) is 0.968. The van der Waals surface area contributed by atoms with Gasteiger partial charge in [-0.1, -0.05) is 37.5 Å². The summed E-state index contributed by atoms with van der Waals surface area (Å²) in [5.74, 6) is -0.111. The first-order valence-corrected chi connectivity index (χ1v) is 12.7. The monoisotopic (exact) mass is 435 g/mol. The van der Waals surface area contributed by atoms with Crippen LogP contribution in [0.2, 0.25) is 0 Å². The molecule has 0 aromatic heterocycles. The Morgan fingerprint density at radius 2 is 1.70 bits per heavy atom. The molecule has 7 nitrogen and oxygen atoms in total. The molecule has 2 atom stereocenters. The average molecular weight is 436 g/mol. The molecule has 3 N–H and O–H groups in total. The number of benzene rings is 1. The summed E-state index contributed by atoms with van der Waals surface area (Å²) in [7, 11) is -3.37. The lowest BCUT2D eigenvalue weighted by Gasteiger charge is -2.28. The molecule has 1 aromatic carbocycles. The van der Waals surface area contributed by atoms with E-state index in [0.29, 0.717) is 32.4 Å². The SMILES string of the molecule is O=C(CCNc1ccccc1)NCC(NC(=O)C1CCCCS1(=O)=O)C1CCCC1. The van der Waals surface area contributed by atoms with E-state index in [-0.39, 0.29) is 23.6 Å². The highest BCUT2D eigenvalue weighted by atomic mass is 32.2. The molecule has 8 heteroatoms. The molecule has 0 bridgehead atoms. The number of sulfone groups is 1. The molecule has 2 unspecified atom stereocenters. The third-order valence-electron chi connectivity index (χ3n) is 6.14. The number of carbonyl (C=O) groups excluding carboxylic acids is 2. The molecule has 30 heavy (non-hydrogen) atoms. The number of anilines is 1. The van der Waals surface area contributed by atoms with Crippen molar-refractivity contribution in [1.29, 1.82) is 0 Å². The van der Waals surface area contributed by atoms with Gasteiger partial charge in [0.2, 0.25) is 11.8 Å². The van der Waals surface area contributed by atoms with E-state index >= 15 is 0 Å². The van der Waals surface area contributed by atoms with E-state index in [2.05, 4.69) is 16.0 Å². The van der Waals surface area contributed by atoms with Crippen molar-refractivity contribution in [2.24, 2.45) is 5.92 Å². The van der Waals surface area contributed by atoms with Crippen LogP contribution in [-0.2, 0) is 19.4 Å². The Bertz CT molecular complexity index is 807. The molecule has 0 spiro atoms. The van der Waals surface area contributed by atoms with Gasteiger partial charge in [0.1, 0.15) is 5.25 Å². The van der Waals surface area contributed by atoms with E-state index in [1.165, 1.54) is 0 Å². The van der Waals surface area contributed by atoms with E-state index in [0.717, 1.165) is 37.8 Å². The van der Waals surface area contributed by atoms with Crippen molar-refractivity contribution in [2.75, 3.05) is 24.2 Å². The third-order valence-corrected chi connectivity index (χ3v) is 8.32. The molecule has 166 valence electrons. The Labute approximate surface area is 179 Å². The second-order valence-electron chi connectivity index (χ2n) is 8.36. The lowest BCUT2D eigenvalue weighted by Crippen LogP contribution is -2.52. The average Bonchev–Trinajstić information content (AvgIpc) is 3.26. The highest BCUT2D eigenvalue weighted by molar-refractivity contribution is 7.92. The highest BCUT2D eigenvalue weighted by Crippen LogP contribution is 2.28. The van der Waals surface area contributed by atoms with Gasteiger partial charge in [0.15, 0.2) is 9.84 Å². The smallest absolute Gasteiger partial charge is 0.238 e. The summed E-state index contributed by atoms with van der Waals surface area (Å²) in [6.07, 6.45) is 6.31. The van der Waals surface area contributed by atoms with Crippen LogP contribution in [0.4, 0.5) is 5.69 Å². The molecule has 2 amide bonds. The molecule has 0 radical (unpaired) electrons. The van der Waals surface area contributed by atoms with E-state index in [9.17, 15) is 18.0 Å².